The van der Waals surface area contributed by atoms with Crippen molar-refractivity contribution in [2.75, 3.05) is 42.9 Å². The molecule has 0 aliphatic carbocycles. The van der Waals surface area contributed by atoms with Crippen LogP contribution in [0, 0.1) is 6.92 Å². The predicted molar refractivity (Wildman–Crippen MR) is 117 cm³/mol. The average molecular weight is 390 g/mol. The summed E-state index contributed by atoms with van der Waals surface area (Å²) in [5, 5.41) is 3.32. The highest BCUT2D eigenvalue weighted by Crippen LogP contribution is 2.24. The SMILES string of the molecule is CCN1CCN(c2cc(C)nc(Nc3ccc(Oc4ccccc4)cc3)n2)CC1. The third kappa shape index (κ3) is 5.03. The molecule has 150 valence electrons. The average Bonchev–Trinajstić information content (AvgIpc) is 2.75. The van der Waals surface area contributed by atoms with Crippen LogP contribution in [0.25, 0.3) is 0 Å². The van der Waals surface area contributed by atoms with Crippen molar-refractivity contribution in [2.24, 2.45) is 0 Å². The highest BCUT2D eigenvalue weighted by molar-refractivity contribution is 5.57. The standard InChI is InChI=1S/C23H27N5O/c1-3-27-13-15-28(16-14-27)22-17-18(2)24-23(26-22)25-19-9-11-21(12-10-19)29-20-7-5-4-6-8-20/h4-12,17H,3,13-16H2,1-2H3,(H,24,25,26). The fourth-order valence-electron chi connectivity index (χ4n) is 3.42. The quantitative estimate of drug-likeness (QED) is 0.672. The van der Waals surface area contributed by atoms with Crippen LogP contribution in [0.4, 0.5) is 17.5 Å². The minimum absolute atomic E-state index is 0.620. The predicted octanol–water partition coefficient (Wildman–Crippen LogP) is 4.46. The maximum Gasteiger partial charge on any atom is 0.229 e. The van der Waals surface area contributed by atoms with Crippen LogP contribution in [0.3, 0.4) is 0 Å². The molecule has 0 bridgehead atoms. The lowest BCUT2D eigenvalue weighted by Gasteiger charge is -2.34. The number of aryl methyl sites for hydroxylation is 1. The Hall–Kier alpha value is -3.12. The number of anilines is 3. The van der Waals surface area contributed by atoms with E-state index in [9.17, 15) is 0 Å². The van der Waals surface area contributed by atoms with Gasteiger partial charge in [-0.2, -0.15) is 4.98 Å². The number of para-hydroxylation sites is 1. The summed E-state index contributed by atoms with van der Waals surface area (Å²) in [7, 11) is 0. The molecule has 1 aromatic heterocycles. The molecular weight excluding hydrogens is 362 g/mol. The van der Waals surface area contributed by atoms with Crippen LogP contribution in [0.2, 0.25) is 0 Å². The van der Waals surface area contributed by atoms with E-state index in [1.165, 1.54) is 0 Å². The second-order valence-corrected chi connectivity index (χ2v) is 7.18. The molecule has 1 aliphatic heterocycles. The maximum atomic E-state index is 5.85. The molecular formula is C23H27N5O. The van der Waals surface area contributed by atoms with Gasteiger partial charge < -0.3 is 19.9 Å². The van der Waals surface area contributed by atoms with E-state index in [-0.39, 0.29) is 0 Å². The third-order valence-corrected chi connectivity index (χ3v) is 5.07. The number of nitrogens with zero attached hydrogens (tertiary/aromatic N) is 4. The van der Waals surface area contributed by atoms with Gasteiger partial charge in [-0.1, -0.05) is 25.1 Å². The molecule has 0 radical (unpaired) electrons. The van der Waals surface area contributed by atoms with E-state index < -0.39 is 0 Å². The van der Waals surface area contributed by atoms with E-state index in [1.807, 2.05) is 61.5 Å². The van der Waals surface area contributed by atoms with Gasteiger partial charge in [-0.25, -0.2) is 4.98 Å². The van der Waals surface area contributed by atoms with Crippen molar-refractivity contribution in [1.29, 1.82) is 0 Å². The molecule has 0 amide bonds. The van der Waals surface area contributed by atoms with Crippen molar-refractivity contribution in [3.8, 4) is 11.5 Å². The second-order valence-electron chi connectivity index (χ2n) is 7.18. The number of rotatable bonds is 6. The number of aromatic nitrogens is 2. The third-order valence-electron chi connectivity index (χ3n) is 5.07. The van der Waals surface area contributed by atoms with Gasteiger partial charge in [-0.05, 0) is 49.9 Å². The molecule has 29 heavy (non-hydrogen) atoms. The van der Waals surface area contributed by atoms with Gasteiger partial charge in [0.15, 0.2) is 0 Å². The zero-order valence-electron chi connectivity index (χ0n) is 17.0. The lowest BCUT2D eigenvalue weighted by molar-refractivity contribution is 0.270. The van der Waals surface area contributed by atoms with Gasteiger partial charge in [0.2, 0.25) is 5.95 Å². The summed E-state index contributed by atoms with van der Waals surface area (Å²) < 4.78 is 5.85. The van der Waals surface area contributed by atoms with E-state index >= 15 is 0 Å². The number of hydrogen-bond donors (Lipinski definition) is 1. The van der Waals surface area contributed by atoms with Gasteiger partial charge in [0.25, 0.3) is 0 Å². The fourth-order valence-corrected chi connectivity index (χ4v) is 3.42. The summed E-state index contributed by atoms with van der Waals surface area (Å²) in [6.45, 7) is 9.46. The minimum atomic E-state index is 0.620. The Labute approximate surface area is 172 Å². The molecule has 4 rings (SSSR count). The molecule has 3 aromatic rings. The summed E-state index contributed by atoms with van der Waals surface area (Å²) >= 11 is 0. The van der Waals surface area contributed by atoms with E-state index in [0.717, 1.165) is 61.4 Å². The van der Waals surface area contributed by atoms with Gasteiger partial charge in [0, 0.05) is 43.6 Å². The largest absolute Gasteiger partial charge is 0.457 e. The summed E-state index contributed by atoms with van der Waals surface area (Å²) in [5.41, 5.74) is 1.89. The molecule has 1 aliphatic rings. The van der Waals surface area contributed by atoms with Crippen LogP contribution >= 0.6 is 0 Å². The lowest BCUT2D eigenvalue weighted by Crippen LogP contribution is -2.46. The van der Waals surface area contributed by atoms with E-state index in [2.05, 4.69) is 33.1 Å². The number of piperazine rings is 1. The molecule has 2 heterocycles. The highest BCUT2D eigenvalue weighted by atomic mass is 16.5. The number of hydrogen-bond acceptors (Lipinski definition) is 6. The Kier molecular flexibility index (Phi) is 5.91. The van der Waals surface area contributed by atoms with Crippen LogP contribution in [0.15, 0.2) is 60.7 Å². The van der Waals surface area contributed by atoms with Crippen LogP contribution in [0.1, 0.15) is 12.6 Å². The van der Waals surface area contributed by atoms with E-state index in [1.54, 1.807) is 0 Å². The Bertz CT molecular complexity index is 922. The van der Waals surface area contributed by atoms with Crippen molar-refractivity contribution < 1.29 is 4.74 Å². The lowest BCUT2D eigenvalue weighted by atomic mass is 10.3. The summed E-state index contributed by atoms with van der Waals surface area (Å²) in [6.07, 6.45) is 0. The highest BCUT2D eigenvalue weighted by Gasteiger charge is 2.17. The zero-order chi connectivity index (χ0) is 20.1. The topological polar surface area (TPSA) is 53.5 Å². The molecule has 0 saturated carbocycles. The monoisotopic (exact) mass is 389 g/mol. The molecule has 1 saturated heterocycles. The molecule has 1 fully saturated rings. The van der Waals surface area contributed by atoms with E-state index in [4.69, 9.17) is 9.72 Å². The summed E-state index contributed by atoms with van der Waals surface area (Å²) in [6, 6.07) is 19.7. The molecule has 0 unspecified atom stereocenters. The molecule has 2 aromatic carbocycles. The first-order valence-corrected chi connectivity index (χ1v) is 10.1. The Morgan fingerprint density at radius 1 is 0.897 bits per heavy atom. The van der Waals surface area contributed by atoms with Gasteiger partial charge >= 0.3 is 0 Å². The van der Waals surface area contributed by atoms with Crippen molar-refractivity contribution in [2.45, 2.75) is 13.8 Å². The van der Waals surface area contributed by atoms with Crippen LogP contribution in [-0.4, -0.2) is 47.6 Å². The van der Waals surface area contributed by atoms with Crippen LogP contribution in [0.5, 0.6) is 11.5 Å². The van der Waals surface area contributed by atoms with Crippen molar-refractivity contribution in [1.82, 2.24) is 14.9 Å². The van der Waals surface area contributed by atoms with Crippen molar-refractivity contribution in [3.05, 3.63) is 66.4 Å². The summed E-state index contributed by atoms with van der Waals surface area (Å²) in [4.78, 5) is 14.1. The normalized spacial score (nSPS) is 14.6. The number of benzene rings is 2. The first-order valence-electron chi connectivity index (χ1n) is 10.1. The van der Waals surface area contributed by atoms with Crippen LogP contribution < -0.4 is 15.0 Å². The van der Waals surface area contributed by atoms with Gasteiger partial charge in [0.05, 0.1) is 0 Å². The van der Waals surface area contributed by atoms with Gasteiger partial charge in [0.1, 0.15) is 17.3 Å². The molecule has 6 nitrogen and oxygen atoms in total. The summed E-state index contributed by atoms with van der Waals surface area (Å²) in [5.74, 6) is 3.22. The van der Waals surface area contributed by atoms with Crippen molar-refractivity contribution >= 4 is 17.5 Å². The first kappa shape index (κ1) is 19.2. The minimum Gasteiger partial charge on any atom is -0.457 e. The van der Waals surface area contributed by atoms with E-state index in [0.29, 0.717) is 5.95 Å². The smallest absolute Gasteiger partial charge is 0.229 e. The second kappa shape index (κ2) is 8.92. The first-order chi connectivity index (χ1) is 14.2. The Balaban J connectivity index is 1.43. The molecule has 0 spiro atoms. The number of ether oxygens (including phenoxy) is 1. The Morgan fingerprint density at radius 3 is 2.28 bits per heavy atom. The van der Waals surface area contributed by atoms with Crippen molar-refractivity contribution in [3.63, 3.8) is 0 Å². The Morgan fingerprint density at radius 2 is 1.59 bits per heavy atom. The van der Waals surface area contributed by atoms with Gasteiger partial charge in [-0.3, -0.25) is 0 Å². The fraction of sp³-hybridized carbons (Fsp3) is 0.304. The number of nitrogens with one attached hydrogen (secondary N) is 1. The number of likely N-dealkylation sites (N-methyl/N-ethyl adjacent to an activating group) is 1. The van der Waals surface area contributed by atoms with Crippen LogP contribution in [-0.2, 0) is 0 Å². The van der Waals surface area contributed by atoms with Gasteiger partial charge in [-0.15, -0.1) is 0 Å². The molecule has 6 heteroatoms. The molecule has 0 atom stereocenters. The molecule has 1 N–H and O–H groups in total. The maximum absolute atomic E-state index is 5.85. The zero-order valence-corrected chi connectivity index (χ0v) is 17.0.